The van der Waals surface area contributed by atoms with Crippen molar-refractivity contribution in [1.82, 2.24) is 9.97 Å². The average Bonchev–Trinajstić information content (AvgIpc) is 2.88. The quantitative estimate of drug-likeness (QED) is 0.609. The van der Waals surface area contributed by atoms with E-state index in [0.717, 1.165) is 16.2 Å². The van der Waals surface area contributed by atoms with Gasteiger partial charge in [-0.15, -0.1) is 11.3 Å². The molecule has 0 bridgehead atoms. The van der Waals surface area contributed by atoms with Gasteiger partial charge in [-0.2, -0.15) is 4.98 Å². The molecule has 0 fully saturated rings. The van der Waals surface area contributed by atoms with Gasteiger partial charge in [0.05, 0.1) is 10.6 Å². The van der Waals surface area contributed by atoms with Gasteiger partial charge in [0, 0.05) is 0 Å². The first-order valence-corrected chi connectivity index (χ1v) is 5.05. The fraction of sp³-hybridized carbons (Fsp3) is 0. The predicted molar refractivity (Wildman–Crippen MR) is 55.1 cm³/mol. The Bertz CT molecular complexity index is 556. The van der Waals surface area contributed by atoms with E-state index in [1.807, 2.05) is 29.6 Å². The van der Waals surface area contributed by atoms with E-state index in [9.17, 15) is 0 Å². The highest BCUT2D eigenvalue weighted by atomic mass is 32.1. The number of rotatable bonds is 1. The Morgan fingerprint density at radius 3 is 3.07 bits per heavy atom. The smallest absolute Gasteiger partial charge is 0.199 e. The summed E-state index contributed by atoms with van der Waals surface area (Å²) in [5.41, 5.74) is 2.34. The lowest BCUT2D eigenvalue weighted by molar-refractivity contribution is 0.602. The van der Waals surface area contributed by atoms with Crippen molar-refractivity contribution >= 4 is 22.6 Å². The van der Waals surface area contributed by atoms with Crippen LogP contribution in [0.15, 0.2) is 40.5 Å². The first kappa shape index (κ1) is 7.70. The summed E-state index contributed by atoms with van der Waals surface area (Å²) in [7, 11) is 0. The van der Waals surface area contributed by atoms with Gasteiger partial charge in [-0.05, 0) is 23.6 Å². The molecule has 0 aromatic carbocycles. The van der Waals surface area contributed by atoms with Gasteiger partial charge in [-0.3, -0.25) is 0 Å². The molecule has 0 spiro atoms. The van der Waals surface area contributed by atoms with Crippen LogP contribution in [0.3, 0.4) is 0 Å². The van der Waals surface area contributed by atoms with Gasteiger partial charge >= 0.3 is 0 Å². The minimum atomic E-state index is 0.663. The second kappa shape index (κ2) is 2.92. The third-order valence-corrected chi connectivity index (χ3v) is 2.86. The van der Waals surface area contributed by atoms with E-state index in [-0.39, 0.29) is 0 Å². The number of hydrogen-bond acceptors (Lipinski definition) is 4. The van der Waals surface area contributed by atoms with Crippen LogP contribution in [0.5, 0.6) is 0 Å². The Labute approximate surface area is 84.0 Å². The zero-order valence-corrected chi connectivity index (χ0v) is 7.99. The van der Waals surface area contributed by atoms with Crippen LogP contribution in [0, 0.1) is 0 Å². The largest absolute Gasteiger partial charge is 0.442 e. The van der Waals surface area contributed by atoms with Gasteiger partial charge < -0.3 is 4.42 Å². The maximum Gasteiger partial charge on any atom is 0.199 e. The molecule has 0 radical (unpaired) electrons. The Balaban J connectivity index is 2.23. The lowest BCUT2D eigenvalue weighted by Gasteiger charge is -1.94. The van der Waals surface area contributed by atoms with Crippen LogP contribution in [-0.2, 0) is 0 Å². The van der Waals surface area contributed by atoms with E-state index in [4.69, 9.17) is 4.42 Å². The summed E-state index contributed by atoms with van der Waals surface area (Å²) in [6.45, 7) is 0. The molecule has 0 atom stereocenters. The van der Waals surface area contributed by atoms with Crippen molar-refractivity contribution in [1.29, 1.82) is 0 Å². The molecule has 0 saturated heterocycles. The number of pyridine rings is 1. The van der Waals surface area contributed by atoms with E-state index in [1.54, 1.807) is 11.3 Å². The number of thiophene rings is 1. The molecule has 68 valence electrons. The van der Waals surface area contributed by atoms with Crippen molar-refractivity contribution < 1.29 is 4.42 Å². The van der Waals surface area contributed by atoms with Crippen LogP contribution in [-0.4, -0.2) is 9.97 Å². The molecule has 0 aliphatic heterocycles. The van der Waals surface area contributed by atoms with Crippen LogP contribution < -0.4 is 0 Å². The SMILES string of the molecule is c1csc(-c2ccc3ocnc3n2)c1. The highest BCUT2D eigenvalue weighted by Crippen LogP contribution is 2.24. The summed E-state index contributed by atoms with van der Waals surface area (Å²) in [6, 6.07) is 7.89. The molecule has 3 nitrogen and oxygen atoms in total. The van der Waals surface area contributed by atoms with Crippen molar-refractivity contribution in [3.8, 4) is 10.6 Å². The summed E-state index contributed by atoms with van der Waals surface area (Å²) in [4.78, 5) is 9.55. The first-order valence-electron chi connectivity index (χ1n) is 4.17. The molecule has 0 aliphatic rings. The molecular weight excluding hydrogens is 196 g/mol. The molecule has 3 rings (SSSR count). The molecule has 0 unspecified atom stereocenters. The Morgan fingerprint density at radius 1 is 1.21 bits per heavy atom. The molecule has 14 heavy (non-hydrogen) atoms. The molecule has 3 aromatic heterocycles. The maximum atomic E-state index is 5.12. The molecule has 0 saturated carbocycles. The van der Waals surface area contributed by atoms with E-state index in [2.05, 4.69) is 9.97 Å². The van der Waals surface area contributed by atoms with Crippen molar-refractivity contribution in [3.63, 3.8) is 0 Å². The molecule has 0 amide bonds. The lowest BCUT2D eigenvalue weighted by atomic mass is 10.3. The lowest BCUT2D eigenvalue weighted by Crippen LogP contribution is -1.80. The Morgan fingerprint density at radius 2 is 2.21 bits per heavy atom. The number of fused-ring (bicyclic) bond motifs is 1. The van der Waals surface area contributed by atoms with Crippen LogP contribution in [0.2, 0.25) is 0 Å². The molecule has 3 heterocycles. The van der Waals surface area contributed by atoms with Crippen LogP contribution in [0.1, 0.15) is 0 Å². The molecule has 3 aromatic rings. The zero-order chi connectivity index (χ0) is 9.38. The molecular formula is C10H6N2OS. The summed E-state index contributed by atoms with van der Waals surface area (Å²) >= 11 is 1.67. The minimum Gasteiger partial charge on any atom is -0.442 e. The first-order chi connectivity index (χ1) is 6.93. The van der Waals surface area contributed by atoms with E-state index >= 15 is 0 Å². The summed E-state index contributed by atoms with van der Waals surface area (Å²) in [6.07, 6.45) is 1.41. The van der Waals surface area contributed by atoms with Gasteiger partial charge in [0.1, 0.15) is 0 Å². The average molecular weight is 202 g/mol. The Kier molecular flexibility index (Phi) is 1.61. The summed E-state index contributed by atoms with van der Waals surface area (Å²) in [5, 5.41) is 2.03. The highest BCUT2D eigenvalue weighted by molar-refractivity contribution is 7.13. The summed E-state index contributed by atoms with van der Waals surface area (Å²) < 4.78 is 5.12. The van der Waals surface area contributed by atoms with Gasteiger partial charge in [-0.25, -0.2) is 4.98 Å². The number of oxazole rings is 1. The third kappa shape index (κ3) is 1.12. The summed E-state index contributed by atoms with van der Waals surface area (Å²) in [5.74, 6) is 0. The number of aromatic nitrogens is 2. The van der Waals surface area contributed by atoms with Gasteiger partial charge in [0.25, 0.3) is 0 Å². The highest BCUT2D eigenvalue weighted by Gasteiger charge is 2.04. The van der Waals surface area contributed by atoms with Gasteiger partial charge in [0.2, 0.25) is 0 Å². The van der Waals surface area contributed by atoms with E-state index < -0.39 is 0 Å². The van der Waals surface area contributed by atoms with E-state index in [0.29, 0.717) is 5.65 Å². The molecule has 4 heteroatoms. The maximum absolute atomic E-state index is 5.12. The fourth-order valence-electron chi connectivity index (χ4n) is 1.31. The predicted octanol–water partition coefficient (Wildman–Crippen LogP) is 2.95. The van der Waals surface area contributed by atoms with Crippen molar-refractivity contribution in [2.45, 2.75) is 0 Å². The number of nitrogens with zero attached hydrogens (tertiary/aromatic N) is 2. The van der Waals surface area contributed by atoms with Gasteiger partial charge in [0.15, 0.2) is 17.6 Å². The number of hydrogen-bond donors (Lipinski definition) is 0. The van der Waals surface area contributed by atoms with Crippen LogP contribution in [0.25, 0.3) is 21.8 Å². The van der Waals surface area contributed by atoms with Crippen molar-refractivity contribution in [2.75, 3.05) is 0 Å². The van der Waals surface area contributed by atoms with Crippen molar-refractivity contribution in [2.24, 2.45) is 0 Å². The molecule has 0 N–H and O–H groups in total. The zero-order valence-electron chi connectivity index (χ0n) is 7.18. The third-order valence-electron chi connectivity index (χ3n) is 1.97. The topological polar surface area (TPSA) is 38.9 Å². The minimum absolute atomic E-state index is 0.663. The fourth-order valence-corrected chi connectivity index (χ4v) is 2.01. The van der Waals surface area contributed by atoms with Crippen LogP contribution in [0.4, 0.5) is 0 Å². The Hall–Kier alpha value is -1.68. The van der Waals surface area contributed by atoms with Gasteiger partial charge in [-0.1, -0.05) is 6.07 Å². The van der Waals surface area contributed by atoms with E-state index in [1.165, 1.54) is 6.39 Å². The second-order valence-corrected chi connectivity index (χ2v) is 3.80. The normalized spacial score (nSPS) is 10.9. The second-order valence-electron chi connectivity index (χ2n) is 2.85. The van der Waals surface area contributed by atoms with Crippen molar-refractivity contribution in [3.05, 3.63) is 36.0 Å². The standard InChI is InChI=1S/C10H6N2OS/c1-2-9(14-5-1)7-3-4-8-10(12-7)11-6-13-8/h1-6H. The molecule has 0 aliphatic carbocycles. The monoisotopic (exact) mass is 202 g/mol. The van der Waals surface area contributed by atoms with Crippen LogP contribution >= 0.6 is 11.3 Å².